The van der Waals surface area contributed by atoms with Gasteiger partial charge in [-0.15, -0.1) is 0 Å². The highest BCUT2D eigenvalue weighted by Crippen LogP contribution is 2.30. The molecule has 2 aromatic heterocycles. The molecule has 5 aromatic rings. The molecule has 2 N–H and O–H groups in total. The van der Waals surface area contributed by atoms with E-state index in [2.05, 4.69) is 23.2 Å². The largest absolute Gasteiger partial charge is 0.497 e. The number of carboxylic acid groups (broad SMARTS) is 1. The fraction of sp³-hybridized carbons (Fsp3) is 0.111. The molecule has 34 heavy (non-hydrogen) atoms. The molecule has 5 rings (SSSR count). The number of methoxy groups -OCH3 is 1. The van der Waals surface area contributed by atoms with Crippen molar-refractivity contribution in [2.75, 3.05) is 7.11 Å². The first-order valence-corrected chi connectivity index (χ1v) is 11.0. The van der Waals surface area contributed by atoms with Crippen molar-refractivity contribution in [2.45, 2.75) is 13.3 Å². The molecule has 0 amide bonds. The number of para-hydroxylation sites is 1. The summed E-state index contributed by atoms with van der Waals surface area (Å²) in [7, 11) is 1.54. The van der Waals surface area contributed by atoms with E-state index in [9.17, 15) is 14.7 Å². The molecule has 6 nitrogen and oxygen atoms in total. The van der Waals surface area contributed by atoms with Gasteiger partial charge in [0.25, 0.3) is 5.91 Å². The van der Waals surface area contributed by atoms with Gasteiger partial charge in [0.1, 0.15) is 5.75 Å². The van der Waals surface area contributed by atoms with Crippen molar-refractivity contribution in [1.29, 1.82) is 0 Å². The van der Waals surface area contributed by atoms with Gasteiger partial charge in [-0.3, -0.25) is 14.2 Å². The van der Waals surface area contributed by atoms with Gasteiger partial charge >= 0.3 is 5.97 Å². The van der Waals surface area contributed by atoms with Crippen LogP contribution >= 0.6 is 11.6 Å². The Morgan fingerprint density at radius 2 is 1.76 bits per heavy atom. The number of fused-ring (bicyclic) bond motifs is 2. The third kappa shape index (κ3) is 4.67. The molecular formula is C27H23ClN2O4. The van der Waals surface area contributed by atoms with Crippen LogP contribution in [0.25, 0.3) is 21.8 Å². The standard InChI is InChI=1S/C19H16ClNO4.C8H7N/c1-11-15(10-18(22)23)16-9-14(25-2)7-8-17(16)21(11)19(24)12-3-5-13(20)6-4-12;1-2-4-8-7(3-1)5-6-9-8/h3-9H,10H2,1-2H3,(H,22,23);1-6,9H. The number of rotatable bonds is 4. The van der Waals surface area contributed by atoms with Crippen LogP contribution in [0.4, 0.5) is 0 Å². The summed E-state index contributed by atoms with van der Waals surface area (Å²) in [4.78, 5) is 27.4. The number of hydrogen-bond donors (Lipinski definition) is 2. The Morgan fingerprint density at radius 3 is 2.44 bits per heavy atom. The van der Waals surface area contributed by atoms with Crippen LogP contribution in [-0.2, 0) is 11.2 Å². The van der Waals surface area contributed by atoms with Crippen LogP contribution < -0.4 is 4.74 Å². The van der Waals surface area contributed by atoms with E-state index in [0.717, 1.165) is 0 Å². The van der Waals surface area contributed by atoms with Crippen molar-refractivity contribution < 1.29 is 19.4 Å². The Bertz CT molecular complexity index is 1450. The molecule has 0 aliphatic rings. The molecule has 0 aliphatic heterocycles. The molecule has 172 valence electrons. The average molecular weight is 475 g/mol. The van der Waals surface area contributed by atoms with Crippen LogP contribution in [0.5, 0.6) is 5.75 Å². The first-order chi connectivity index (χ1) is 16.4. The Hall–Kier alpha value is -4.03. The molecule has 0 atom stereocenters. The van der Waals surface area contributed by atoms with Gasteiger partial charge in [0.2, 0.25) is 0 Å². The number of H-pyrrole nitrogens is 1. The fourth-order valence-corrected chi connectivity index (χ4v) is 4.07. The zero-order valence-electron chi connectivity index (χ0n) is 18.7. The SMILES string of the molecule is COc1ccc2c(c1)c(CC(=O)O)c(C)n2C(=O)c1ccc(Cl)cc1.c1ccc2[nH]ccc2c1. The third-order valence-corrected chi connectivity index (χ3v) is 5.88. The molecule has 0 saturated carbocycles. The average Bonchev–Trinajstić information content (AvgIpc) is 3.42. The lowest BCUT2D eigenvalue weighted by Gasteiger charge is -2.08. The van der Waals surface area contributed by atoms with E-state index < -0.39 is 5.97 Å². The molecular weight excluding hydrogens is 452 g/mol. The third-order valence-electron chi connectivity index (χ3n) is 5.63. The van der Waals surface area contributed by atoms with Crippen molar-refractivity contribution in [2.24, 2.45) is 0 Å². The van der Waals surface area contributed by atoms with Gasteiger partial charge in [-0.2, -0.15) is 0 Å². The number of aromatic amines is 1. The summed E-state index contributed by atoms with van der Waals surface area (Å²) in [5.74, 6) is -0.583. The lowest BCUT2D eigenvalue weighted by Crippen LogP contribution is -2.14. The van der Waals surface area contributed by atoms with E-state index in [0.29, 0.717) is 38.5 Å². The highest BCUT2D eigenvalue weighted by molar-refractivity contribution is 6.30. The minimum Gasteiger partial charge on any atom is -0.497 e. The van der Waals surface area contributed by atoms with Crippen molar-refractivity contribution in [1.82, 2.24) is 9.55 Å². The maximum absolute atomic E-state index is 13.0. The van der Waals surface area contributed by atoms with Gasteiger partial charge in [0.05, 0.1) is 19.0 Å². The number of hydrogen-bond acceptors (Lipinski definition) is 3. The number of carbonyl (C=O) groups excluding carboxylic acids is 1. The quantitative estimate of drug-likeness (QED) is 0.330. The van der Waals surface area contributed by atoms with E-state index in [1.807, 2.05) is 18.3 Å². The second kappa shape index (κ2) is 9.85. The van der Waals surface area contributed by atoms with Crippen LogP contribution in [0.1, 0.15) is 21.6 Å². The van der Waals surface area contributed by atoms with Crippen LogP contribution in [-0.4, -0.2) is 33.6 Å². The van der Waals surface area contributed by atoms with Crippen LogP contribution in [0, 0.1) is 6.92 Å². The Morgan fingerprint density at radius 1 is 1.03 bits per heavy atom. The number of halogens is 1. The number of ether oxygens (including phenoxy) is 1. The molecule has 0 unspecified atom stereocenters. The fourth-order valence-electron chi connectivity index (χ4n) is 3.94. The first kappa shape index (κ1) is 23.1. The minimum atomic E-state index is -0.955. The van der Waals surface area contributed by atoms with Crippen molar-refractivity contribution in [3.05, 3.63) is 101 Å². The van der Waals surface area contributed by atoms with Gasteiger partial charge in [-0.25, -0.2) is 0 Å². The van der Waals surface area contributed by atoms with Crippen molar-refractivity contribution >= 4 is 45.3 Å². The number of nitrogens with one attached hydrogen (secondary N) is 1. The number of aromatic nitrogens is 2. The molecule has 0 spiro atoms. The Labute approximate surface area is 201 Å². The monoisotopic (exact) mass is 474 g/mol. The predicted octanol–water partition coefficient (Wildman–Crippen LogP) is 6.10. The summed E-state index contributed by atoms with van der Waals surface area (Å²) in [6.07, 6.45) is 1.78. The molecule has 3 aromatic carbocycles. The van der Waals surface area contributed by atoms with Gasteiger partial charge in [0, 0.05) is 33.4 Å². The van der Waals surface area contributed by atoms with Gasteiger partial charge < -0.3 is 14.8 Å². The summed E-state index contributed by atoms with van der Waals surface area (Å²) >= 11 is 5.89. The Kier molecular flexibility index (Phi) is 6.70. The first-order valence-electron chi connectivity index (χ1n) is 10.6. The second-order valence-electron chi connectivity index (χ2n) is 7.73. The maximum atomic E-state index is 13.0. The number of nitrogens with zero attached hydrogens (tertiary/aromatic N) is 1. The Balaban J connectivity index is 0.000000252. The minimum absolute atomic E-state index is 0.170. The molecule has 2 heterocycles. The lowest BCUT2D eigenvalue weighted by atomic mass is 10.1. The second-order valence-corrected chi connectivity index (χ2v) is 8.17. The number of carboxylic acids is 1. The molecule has 0 saturated heterocycles. The molecule has 0 bridgehead atoms. The smallest absolute Gasteiger partial charge is 0.307 e. The number of aliphatic carboxylic acids is 1. The predicted molar refractivity (Wildman–Crippen MR) is 134 cm³/mol. The normalized spacial score (nSPS) is 10.7. The topological polar surface area (TPSA) is 84.3 Å². The van der Waals surface area contributed by atoms with Gasteiger partial charge in [-0.1, -0.05) is 29.8 Å². The van der Waals surface area contributed by atoms with E-state index in [1.165, 1.54) is 15.5 Å². The molecule has 7 heteroatoms. The zero-order valence-corrected chi connectivity index (χ0v) is 19.5. The van der Waals surface area contributed by atoms with E-state index in [-0.39, 0.29) is 12.3 Å². The molecule has 0 aliphatic carbocycles. The molecule has 0 fully saturated rings. The highest BCUT2D eigenvalue weighted by atomic mass is 35.5. The van der Waals surface area contributed by atoms with Crippen LogP contribution in [0.3, 0.4) is 0 Å². The van der Waals surface area contributed by atoms with Crippen molar-refractivity contribution in [3.63, 3.8) is 0 Å². The van der Waals surface area contributed by atoms with Gasteiger partial charge in [0.15, 0.2) is 0 Å². The maximum Gasteiger partial charge on any atom is 0.307 e. The zero-order chi connectivity index (χ0) is 24.2. The van der Waals surface area contributed by atoms with E-state index in [1.54, 1.807) is 56.5 Å². The summed E-state index contributed by atoms with van der Waals surface area (Å²) < 4.78 is 6.77. The van der Waals surface area contributed by atoms with Crippen LogP contribution in [0.15, 0.2) is 79.0 Å². The highest BCUT2D eigenvalue weighted by Gasteiger charge is 2.21. The molecule has 0 radical (unpaired) electrons. The van der Waals surface area contributed by atoms with Gasteiger partial charge in [-0.05, 0) is 72.5 Å². The summed E-state index contributed by atoms with van der Waals surface area (Å²) in [5, 5.41) is 11.7. The van der Waals surface area contributed by atoms with E-state index in [4.69, 9.17) is 16.3 Å². The van der Waals surface area contributed by atoms with Crippen molar-refractivity contribution in [3.8, 4) is 5.75 Å². The number of carbonyl (C=O) groups is 2. The van der Waals surface area contributed by atoms with Crippen LogP contribution in [0.2, 0.25) is 5.02 Å². The van der Waals surface area contributed by atoms with E-state index >= 15 is 0 Å². The number of benzene rings is 3. The summed E-state index contributed by atoms with van der Waals surface area (Å²) in [6, 6.07) is 22.1. The summed E-state index contributed by atoms with van der Waals surface area (Å²) in [6.45, 7) is 1.75. The lowest BCUT2D eigenvalue weighted by molar-refractivity contribution is -0.136. The summed E-state index contributed by atoms with van der Waals surface area (Å²) in [5.41, 5.74) is 3.53.